The fourth-order valence-electron chi connectivity index (χ4n) is 2.34. The van der Waals surface area contributed by atoms with E-state index in [1.165, 1.54) is 24.3 Å². The summed E-state index contributed by atoms with van der Waals surface area (Å²) in [6.07, 6.45) is 0. The van der Waals surface area contributed by atoms with E-state index in [2.05, 4.69) is 5.09 Å². The monoisotopic (exact) mass is 422 g/mol. The van der Waals surface area contributed by atoms with Crippen molar-refractivity contribution in [2.45, 2.75) is 26.8 Å². The van der Waals surface area contributed by atoms with E-state index in [4.69, 9.17) is 13.8 Å². The summed E-state index contributed by atoms with van der Waals surface area (Å²) in [7, 11) is -4.11. The quantitative estimate of drug-likeness (QED) is 0.260. The average Bonchev–Trinajstić information content (AvgIpc) is 2.67. The van der Waals surface area contributed by atoms with E-state index in [1.807, 2.05) is 0 Å². The van der Waals surface area contributed by atoms with Gasteiger partial charge in [-0.05, 0) is 37.1 Å². The van der Waals surface area contributed by atoms with Crippen LogP contribution in [0.3, 0.4) is 0 Å². The lowest BCUT2D eigenvalue weighted by atomic mass is 10.1. The van der Waals surface area contributed by atoms with Crippen LogP contribution >= 0.6 is 7.75 Å². The van der Waals surface area contributed by atoms with Gasteiger partial charge >= 0.3 is 13.7 Å². The highest BCUT2D eigenvalue weighted by Crippen LogP contribution is 2.46. The number of carbonyl (C=O) groups is 1. The van der Waals surface area contributed by atoms with Crippen LogP contribution in [0.15, 0.2) is 54.6 Å². The zero-order valence-corrected chi connectivity index (χ0v) is 17.2. The van der Waals surface area contributed by atoms with Gasteiger partial charge in [0.05, 0.1) is 11.5 Å². The van der Waals surface area contributed by atoms with Gasteiger partial charge in [-0.3, -0.25) is 14.9 Å². The van der Waals surface area contributed by atoms with E-state index in [0.29, 0.717) is 0 Å². The number of carbonyl (C=O) groups excluding carboxylic acids is 1. The summed E-state index contributed by atoms with van der Waals surface area (Å²) in [5, 5.41) is 13.5. The third-order valence-electron chi connectivity index (χ3n) is 3.75. The van der Waals surface area contributed by atoms with Crippen LogP contribution in [-0.2, 0) is 14.1 Å². The van der Waals surface area contributed by atoms with Crippen molar-refractivity contribution in [1.29, 1.82) is 0 Å². The molecule has 156 valence electrons. The molecule has 10 heteroatoms. The summed E-state index contributed by atoms with van der Waals surface area (Å²) >= 11 is 0. The van der Waals surface area contributed by atoms with Gasteiger partial charge in [-0.25, -0.2) is 4.57 Å². The van der Waals surface area contributed by atoms with Crippen LogP contribution in [0.2, 0.25) is 0 Å². The summed E-state index contributed by atoms with van der Waals surface area (Å²) in [4.78, 5) is 22.6. The molecule has 0 bridgehead atoms. The molecule has 0 aliphatic carbocycles. The molecule has 0 radical (unpaired) electrons. The van der Waals surface area contributed by atoms with Gasteiger partial charge in [-0.1, -0.05) is 32.0 Å². The van der Waals surface area contributed by atoms with Crippen LogP contribution in [0, 0.1) is 16.0 Å². The maximum atomic E-state index is 13.5. The second-order valence-corrected chi connectivity index (χ2v) is 7.97. The molecule has 0 amide bonds. The lowest BCUT2D eigenvalue weighted by molar-refractivity contribution is -0.384. The second kappa shape index (κ2) is 10.0. The summed E-state index contributed by atoms with van der Waals surface area (Å²) in [5.74, 6) is -0.528. The average molecular weight is 422 g/mol. The third-order valence-corrected chi connectivity index (χ3v) is 5.24. The molecule has 1 N–H and O–H groups in total. The second-order valence-electron chi connectivity index (χ2n) is 6.35. The van der Waals surface area contributed by atoms with E-state index in [9.17, 15) is 19.5 Å². The van der Waals surface area contributed by atoms with Crippen molar-refractivity contribution in [1.82, 2.24) is 5.09 Å². The predicted octanol–water partition coefficient (Wildman–Crippen LogP) is 4.34. The number of nitrogens with one attached hydrogen (secondary N) is 1. The van der Waals surface area contributed by atoms with Crippen molar-refractivity contribution in [2.75, 3.05) is 6.61 Å². The fourth-order valence-corrected chi connectivity index (χ4v) is 4.02. The zero-order chi connectivity index (χ0) is 21.4. The number of esters is 1. The van der Waals surface area contributed by atoms with Crippen LogP contribution in [0.1, 0.15) is 20.8 Å². The molecule has 0 saturated carbocycles. The number of non-ortho nitro benzene ring substituents is 1. The number of para-hydroxylation sites is 1. The zero-order valence-electron chi connectivity index (χ0n) is 16.3. The minimum atomic E-state index is -4.11. The van der Waals surface area contributed by atoms with E-state index < -0.39 is 24.7 Å². The van der Waals surface area contributed by atoms with Crippen molar-refractivity contribution in [2.24, 2.45) is 5.92 Å². The van der Waals surface area contributed by atoms with Gasteiger partial charge in [0.2, 0.25) is 0 Å². The molecule has 0 aromatic heterocycles. The van der Waals surface area contributed by atoms with E-state index in [1.54, 1.807) is 51.1 Å². The number of hydrogen-bond donors (Lipinski definition) is 1. The highest BCUT2D eigenvalue weighted by molar-refractivity contribution is 7.52. The van der Waals surface area contributed by atoms with Crippen molar-refractivity contribution in [3.63, 3.8) is 0 Å². The minimum Gasteiger partial charge on any atom is -0.465 e. The highest BCUT2D eigenvalue weighted by Gasteiger charge is 2.37. The summed E-state index contributed by atoms with van der Waals surface area (Å²) in [6, 6.07) is 12.4. The van der Waals surface area contributed by atoms with Crippen LogP contribution in [0.4, 0.5) is 5.69 Å². The maximum Gasteiger partial charge on any atom is 0.513 e. The van der Waals surface area contributed by atoms with Gasteiger partial charge in [0, 0.05) is 12.1 Å². The van der Waals surface area contributed by atoms with Gasteiger partial charge in [-0.15, -0.1) is 0 Å². The van der Waals surface area contributed by atoms with Crippen LogP contribution in [-0.4, -0.2) is 23.5 Å². The smallest absolute Gasteiger partial charge is 0.465 e. The summed E-state index contributed by atoms with van der Waals surface area (Å²) in [5.41, 5.74) is -0.143. The SMILES string of the molecule is CCOC(=O)[C@@H](NP(=O)(Oc1ccccc1)Oc1ccc([N+](=O)[O-])cc1)C(C)C. The molecule has 9 nitrogen and oxygen atoms in total. The molecule has 0 fully saturated rings. The van der Waals surface area contributed by atoms with Crippen LogP contribution in [0.5, 0.6) is 11.5 Å². The molecular formula is C19H23N2O7P. The molecule has 1 unspecified atom stereocenters. The molecular weight excluding hydrogens is 399 g/mol. The molecule has 29 heavy (non-hydrogen) atoms. The first-order chi connectivity index (χ1) is 13.7. The van der Waals surface area contributed by atoms with Crippen LogP contribution < -0.4 is 14.1 Å². The van der Waals surface area contributed by atoms with Gasteiger partial charge < -0.3 is 13.8 Å². The largest absolute Gasteiger partial charge is 0.513 e. The van der Waals surface area contributed by atoms with Gasteiger partial charge in [-0.2, -0.15) is 5.09 Å². The number of nitro benzene ring substituents is 1. The molecule has 2 aromatic rings. The molecule has 0 saturated heterocycles. The van der Waals surface area contributed by atoms with E-state index >= 15 is 0 Å². The molecule has 2 rings (SSSR count). The number of hydrogen-bond acceptors (Lipinski definition) is 7. The van der Waals surface area contributed by atoms with Gasteiger partial charge in [0.15, 0.2) is 0 Å². The Hall–Kier alpha value is -2.90. The Labute approximate surface area is 168 Å². The molecule has 2 aromatic carbocycles. The Kier molecular flexibility index (Phi) is 7.75. The number of rotatable bonds is 10. The summed E-state index contributed by atoms with van der Waals surface area (Å²) in [6.45, 7) is 5.35. The Morgan fingerprint density at radius 1 is 1.07 bits per heavy atom. The van der Waals surface area contributed by atoms with Gasteiger partial charge in [0.1, 0.15) is 17.5 Å². The Morgan fingerprint density at radius 2 is 1.62 bits per heavy atom. The number of nitrogens with zero attached hydrogens (tertiary/aromatic N) is 1. The Morgan fingerprint density at radius 3 is 2.10 bits per heavy atom. The maximum absolute atomic E-state index is 13.5. The minimum absolute atomic E-state index is 0.0775. The third kappa shape index (κ3) is 6.58. The molecule has 0 aliphatic rings. The standard InChI is InChI=1S/C19H23N2O7P/c1-4-26-19(22)18(14(2)3)20-29(25,27-16-8-6-5-7-9-16)28-17-12-10-15(11-13-17)21(23)24/h5-14,18H,4H2,1-3H3,(H,20,25)/t18-,29?/m0/s1. The van der Waals surface area contributed by atoms with Crippen molar-refractivity contribution < 1.29 is 28.1 Å². The Balaban J connectivity index is 2.32. The predicted molar refractivity (Wildman–Crippen MR) is 107 cm³/mol. The van der Waals surface area contributed by atoms with Gasteiger partial charge in [0.25, 0.3) is 5.69 Å². The summed E-state index contributed by atoms with van der Waals surface area (Å²) < 4.78 is 29.7. The molecule has 2 atom stereocenters. The number of ether oxygens (including phenoxy) is 1. The van der Waals surface area contributed by atoms with E-state index in [0.717, 1.165) is 0 Å². The Bertz CT molecular complexity index is 872. The lowest BCUT2D eigenvalue weighted by Gasteiger charge is -2.26. The molecule has 0 heterocycles. The van der Waals surface area contributed by atoms with Crippen LogP contribution in [0.25, 0.3) is 0 Å². The van der Waals surface area contributed by atoms with E-state index in [-0.39, 0.29) is 29.7 Å². The number of benzene rings is 2. The van der Waals surface area contributed by atoms with Crippen molar-refractivity contribution >= 4 is 19.4 Å². The fraction of sp³-hybridized carbons (Fsp3) is 0.316. The highest BCUT2D eigenvalue weighted by atomic mass is 31.2. The first kappa shape index (κ1) is 22.4. The number of nitro groups is 1. The van der Waals surface area contributed by atoms with Crippen molar-refractivity contribution in [3.8, 4) is 11.5 Å². The van der Waals surface area contributed by atoms with Crippen molar-refractivity contribution in [3.05, 3.63) is 64.7 Å². The first-order valence-electron chi connectivity index (χ1n) is 8.97. The molecule has 0 aliphatic heterocycles. The molecule has 0 spiro atoms. The normalized spacial score (nSPS) is 13.9. The first-order valence-corrected chi connectivity index (χ1v) is 10.5. The topological polar surface area (TPSA) is 117 Å². The lowest BCUT2D eigenvalue weighted by Crippen LogP contribution is -2.42.